The minimum absolute atomic E-state index is 0.0407. The van der Waals surface area contributed by atoms with Gasteiger partial charge in [0, 0.05) is 0 Å². The van der Waals surface area contributed by atoms with Gasteiger partial charge in [0.05, 0.1) is 16.7 Å². The Morgan fingerprint density at radius 3 is 2.70 bits per heavy atom. The number of hydrogen-bond donors (Lipinski definition) is 2. The second kappa shape index (κ2) is 5.17. The van der Waals surface area contributed by atoms with Gasteiger partial charge < -0.3 is 15.2 Å². The molecule has 0 radical (unpaired) electrons. The summed E-state index contributed by atoms with van der Waals surface area (Å²) in [5.41, 5.74) is -1.27. The number of amides is 1. The molecule has 2 aromatic rings. The number of carbonyl (C=O) groups excluding carboxylic acids is 2. The minimum Gasteiger partial charge on any atom is -0.545 e. The van der Waals surface area contributed by atoms with Crippen LogP contribution in [0.5, 0.6) is 0 Å². The number of aryl methyl sites for hydroxylation is 1. The van der Waals surface area contributed by atoms with E-state index in [9.17, 15) is 19.5 Å². The Morgan fingerprint density at radius 2 is 2.15 bits per heavy atom. The summed E-state index contributed by atoms with van der Waals surface area (Å²) in [6.45, 7) is 0. The summed E-state index contributed by atoms with van der Waals surface area (Å²) in [7, 11) is 1.40. The zero-order valence-corrected chi connectivity index (χ0v) is 10.9. The third-order valence-electron chi connectivity index (χ3n) is 2.47. The largest absolute Gasteiger partial charge is 0.545 e. The van der Waals surface area contributed by atoms with E-state index >= 15 is 0 Å². The molecule has 2 N–H and O–H groups in total. The van der Waals surface area contributed by atoms with Gasteiger partial charge in [0.25, 0.3) is 0 Å². The van der Waals surface area contributed by atoms with Crippen LogP contribution in [0.25, 0.3) is 0 Å². The Bertz CT molecular complexity index is 749. The van der Waals surface area contributed by atoms with Crippen molar-refractivity contribution in [3.05, 3.63) is 44.9 Å². The number of nitrogens with one attached hydrogen (secondary N) is 2. The molecule has 1 amide bonds. The Hall–Kier alpha value is -2.61. The minimum atomic E-state index is -1.41. The first kappa shape index (κ1) is 13.8. The number of carbonyl (C=O) groups is 2. The maximum atomic E-state index is 11.9. The normalized spacial score (nSPS) is 10.3. The van der Waals surface area contributed by atoms with E-state index in [1.165, 1.54) is 19.2 Å². The second-order valence-corrected chi connectivity index (χ2v) is 4.23. The van der Waals surface area contributed by atoms with Crippen molar-refractivity contribution in [2.45, 2.75) is 0 Å². The number of aromatic nitrogens is 2. The summed E-state index contributed by atoms with van der Waals surface area (Å²) in [6, 6.07) is 3.66. The van der Waals surface area contributed by atoms with Gasteiger partial charge >= 0.3 is 17.2 Å². The van der Waals surface area contributed by atoms with Gasteiger partial charge in [0.2, 0.25) is 0 Å². The molecule has 0 spiro atoms. The molecule has 1 heterocycles. The molecule has 9 heteroatoms. The zero-order chi connectivity index (χ0) is 14.9. The molecule has 0 fully saturated rings. The average Bonchev–Trinajstić information content (AvgIpc) is 2.71. The summed E-state index contributed by atoms with van der Waals surface area (Å²) in [6.07, 6.45) is 0. The fraction of sp³-hybridized carbons (Fsp3) is 0.0909. The average molecular weight is 298 g/mol. The van der Waals surface area contributed by atoms with E-state index < -0.39 is 17.5 Å². The van der Waals surface area contributed by atoms with E-state index in [0.29, 0.717) is 0 Å². The van der Waals surface area contributed by atoms with Gasteiger partial charge in [-0.3, -0.25) is 9.32 Å². The van der Waals surface area contributed by atoms with Gasteiger partial charge in [0.1, 0.15) is 0 Å². The number of H-pyrrole nitrogens is 1. The van der Waals surface area contributed by atoms with E-state index in [-0.39, 0.29) is 22.0 Å². The molecule has 0 aliphatic carbocycles. The van der Waals surface area contributed by atoms with Crippen LogP contribution in [0.3, 0.4) is 0 Å². The highest BCUT2D eigenvalue weighted by molar-refractivity contribution is 6.34. The number of hydrogen-bond acceptors (Lipinski definition) is 5. The predicted octanol–water partition coefficient (Wildman–Crippen LogP) is -0.938. The molecule has 0 bridgehead atoms. The number of nitrogens with zero attached hydrogens (tertiary/aromatic N) is 1. The van der Waals surface area contributed by atoms with Crippen LogP contribution in [-0.4, -0.2) is 17.1 Å². The zero-order valence-electron chi connectivity index (χ0n) is 10.1. The third kappa shape index (κ3) is 2.54. The van der Waals surface area contributed by atoms with Gasteiger partial charge in [-0.15, -0.1) is 0 Å². The summed E-state index contributed by atoms with van der Waals surface area (Å²) >= 11 is 5.84. The van der Waals surface area contributed by atoms with Gasteiger partial charge in [-0.05, 0) is 23.0 Å². The molecule has 0 unspecified atom stereocenters. The highest BCUT2D eigenvalue weighted by Crippen LogP contribution is 2.23. The fourth-order valence-electron chi connectivity index (χ4n) is 1.52. The third-order valence-corrected chi connectivity index (χ3v) is 2.80. The summed E-state index contributed by atoms with van der Waals surface area (Å²) in [5.74, 6) is -2.20. The number of anilines is 1. The molecule has 2 rings (SSSR count). The van der Waals surface area contributed by atoms with E-state index in [2.05, 4.69) is 15.1 Å². The van der Waals surface area contributed by atoms with Crippen molar-refractivity contribution in [3.8, 4) is 0 Å². The van der Waals surface area contributed by atoms with Crippen LogP contribution in [-0.2, 0) is 7.05 Å². The van der Waals surface area contributed by atoms with Crippen LogP contribution in [0.1, 0.15) is 20.8 Å². The number of carboxylic acid groups (broad SMARTS) is 1. The lowest BCUT2D eigenvalue weighted by Crippen LogP contribution is -2.41. The molecule has 0 saturated carbocycles. The highest BCUT2D eigenvalue weighted by Gasteiger charge is 2.26. The van der Waals surface area contributed by atoms with Crippen LogP contribution in [0.4, 0.5) is 5.69 Å². The lowest BCUT2D eigenvalue weighted by Gasteiger charge is -2.08. The summed E-state index contributed by atoms with van der Waals surface area (Å²) < 4.78 is 5.51. The molecule has 104 valence electrons. The standard InChI is InChI=1S/C11H8ClN3O5/c1-15-8(11(19)20-14-15)9(16)13-7-4-5(10(17)18)2-3-6(7)12/h2-4H,1H3,(H2-,13,14,16,17,18,19). The van der Waals surface area contributed by atoms with Crippen molar-refractivity contribution < 1.29 is 23.9 Å². The van der Waals surface area contributed by atoms with Crippen molar-refractivity contribution >= 4 is 29.2 Å². The monoisotopic (exact) mass is 297 g/mol. The van der Waals surface area contributed by atoms with E-state index in [4.69, 9.17) is 11.6 Å². The van der Waals surface area contributed by atoms with Crippen molar-refractivity contribution in [1.82, 2.24) is 5.27 Å². The number of aromatic carboxylic acids is 1. The Kier molecular flexibility index (Phi) is 3.57. The van der Waals surface area contributed by atoms with E-state index in [1.54, 1.807) is 0 Å². The number of benzene rings is 1. The molecule has 1 aromatic heterocycles. The Labute approximate surface area is 116 Å². The van der Waals surface area contributed by atoms with Crippen molar-refractivity contribution in [2.75, 3.05) is 5.32 Å². The molecule has 20 heavy (non-hydrogen) atoms. The van der Waals surface area contributed by atoms with Crippen LogP contribution < -0.4 is 20.7 Å². The molecule has 0 atom stereocenters. The molecular formula is C11H8ClN3O5. The van der Waals surface area contributed by atoms with Crippen LogP contribution in [0, 0.1) is 0 Å². The van der Waals surface area contributed by atoms with E-state index in [0.717, 1.165) is 10.7 Å². The maximum absolute atomic E-state index is 11.9. The van der Waals surface area contributed by atoms with Crippen LogP contribution >= 0.6 is 11.6 Å². The number of carboxylic acids is 1. The first-order chi connectivity index (χ1) is 9.40. The van der Waals surface area contributed by atoms with Gasteiger partial charge in [-0.1, -0.05) is 22.3 Å². The molecule has 0 saturated heterocycles. The number of rotatable bonds is 3. The number of halogens is 1. The Balaban J connectivity index is 2.35. The second-order valence-electron chi connectivity index (χ2n) is 3.82. The molecule has 8 nitrogen and oxygen atoms in total. The lowest BCUT2D eigenvalue weighted by molar-refractivity contribution is -0.741. The first-order valence-corrected chi connectivity index (χ1v) is 5.67. The first-order valence-electron chi connectivity index (χ1n) is 5.30. The molecule has 0 aliphatic rings. The fourth-order valence-corrected chi connectivity index (χ4v) is 1.68. The van der Waals surface area contributed by atoms with Crippen LogP contribution in [0.2, 0.25) is 5.02 Å². The van der Waals surface area contributed by atoms with Gasteiger partial charge in [-0.25, -0.2) is 4.79 Å². The van der Waals surface area contributed by atoms with Crippen molar-refractivity contribution in [2.24, 2.45) is 7.05 Å². The maximum Gasteiger partial charge on any atom is 0.440 e. The Morgan fingerprint density at radius 1 is 1.45 bits per heavy atom. The van der Waals surface area contributed by atoms with Crippen molar-refractivity contribution in [1.29, 1.82) is 0 Å². The van der Waals surface area contributed by atoms with Gasteiger partial charge in [0.15, 0.2) is 7.05 Å². The highest BCUT2D eigenvalue weighted by atomic mass is 35.5. The quantitative estimate of drug-likeness (QED) is 0.709. The topological polar surface area (TPSA) is 119 Å². The summed E-state index contributed by atoms with van der Waals surface area (Å²) in [4.78, 5) is 34.0. The van der Waals surface area contributed by atoms with E-state index in [1.807, 2.05) is 0 Å². The number of aromatic amines is 1. The molecule has 1 aromatic carbocycles. The van der Waals surface area contributed by atoms with Crippen LogP contribution in [0.15, 0.2) is 27.5 Å². The molecular weight excluding hydrogens is 290 g/mol. The summed E-state index contributed by atoms with van der Waals surface area (Å²) in [5, 5.41) is 15.4. The van der Waals surface area contributed by atoms with Gasteiger partial charge in [-0.2, -0.15) is 0 Å². The van der Waals surface area contributed by atoms with Crippen molar-refractivity contribution in [3.63, 3.8) is 0 Å². The molecule has 0 aliphatic heterocycles. The smallest absolute Gasteiger partial charge is 0.440 e. The SMILES string of the molecule is C[n+]1[nH]oc(=O)c1C(=O)Nc1cc(C(=O)[O-])ccc1Cl. The lowest BCUT2D eigenvalue weighted by atomic mass is 10.2. The predicted molar refractivity (Wildman–Crippen MR) is 64.2 cm³/mol.